The minimum absolute atomic E-state index is 0.483. The summed E-state index contributed by atoms with van der Waals surface area (Å²) in [5.74, 6) is -2.42. The predicted molar refractivity (Wildman–Crippen MR) is 64.4 cm³/mol. The molecule has 0 spiro atoms. The van der Waals surface area contributed by atoms with Gasteiger partial charge in [-0.15, -0.1) is 0 Å². The summed E-state index contributed by atoms with van der Waals surface area (Å²) in [5, 5.41) is 13.3. The molecule has 118 valence electrons. The van der Waals surface area contributed by atoms with Crippen LogP contribution in [-0.4, -0.2) is 23.5 Å². The van der Waals surface area contributed by atoms with E-state index in [1.165, 1.54) is 0 Å². The number of non-ortho nitro benzene ring substituents is 1. The number of halogens is 4. The molecule has 0 atom stereocenters. The van der Waals surface area contributed by atoms with Gasteiger partial charge in [0.05, 0.1) is 10.5 Å². The maximum atomic E-state index is 12.4. The summed E-state index contributed by atoms with van der Waals surface area (Å²) in [6, 6.07) is 2.29. The fourth-order valence-electron chi connectivity index (χ4n) is 1.45. The van der Waals surface area contributed by atoms with Gasteiger partial charge in [0.15, 0.2) is 0 Å². The molecule has 1 heterocycles. The Bertz CT molecular complexity index is 848. The fraction of sp³-hybridized carbons (Fsp3) is 0.111. The van der Waals surface area contributed by atoms with Crippen LogP contribution in [0.3, 0.4) is 0 Å². The number of alkyl halides is 3. The molecule has 13 heteroatoms. The van der Waals surface area contributed by atoms with Crippen LogP contribution in [0.15, 0.2) is 27.6 Å². The molecule has 0 saturated carbocycles. The van der Waals surface area contributed by atoms with Crippen molar-refractivity contribution in [1.82, 2.24) is 10.1 Å². The molecule has 0 aliphatic rings. The smallest absolute Gasteiger partial charge is 0.334 e. The fourth-order valence-corrected chi connectivity index (χ4v) is 2.51. The molecule has 0 unspecified atom stereocenters. The van der Waals surface area contributed by atoms with E-state index in [2.05, 4.69) is 14.7 Å². The summed E-state index contributed by atoms with van der Waals surface area (Å²) in [6.45, 7) is 0. The van der Waals surface area contributed by atoms with Crippen LogP contribution in [0.5, 0.6) is 0 Å². The topological polar surface area (TPSA) is 116 Å². The summed E-state index contributed by atoms with van der Waals surface area (Å²) in [6.07, 6.45) is -4.90. The highest BCUT2D eigenvalue weighted by atomic mass is 35.7. The molecule has 0 fully saturated rings. The standard InChI is InChI=1S/C9H3ClF3N3O5S/c10-22(19,20)6-3-4(16(17)18)1-2-5(6)7-14-8(15-21-7)9(11,12)13/h1-3H. The van der Waals surface area contributed by atoms with Gasteiger partial charge in [0.1, 0.15) is 4.90 Å². The molecule has 22 heavy (non-hydrogen) atoms. The molecule has 8 nitrogen and oxygen atoms in total. The van der Waals surface area contributed by atoms with Crippen molar-refractivity contribution >= 4 is 25.4 Å². The van der Waals surface area contributed by atoms with Crippen molar-refractivity contribution in [2.45, 2.75) is 11.1 Å². The van der Waals surface area contributed by atoms with Gasteiger partial charge in [-0.3, -0.25) is 10.1 Å². The van der Waals surface area contributed by atoms with E-state index in [4.69, 9.17) is 10.7 Å². The third-order valence-electron chi connectivity index (χ3n) is 2.35. The Balaban J connectivity index is 2.65. The van der Waals surface area contributed by atoms with Crippen molar-refractivity contribution in [2.24, 2.45) is 0 Å². The number of rotatable bonds is 3. The molecule has 0 bridgehead atoms. The normalized spacial score (nSPS) is 12.4. The molecule has 0 radical (unpaired) electrons. The van der Waals surface area contributed by atoms with Gasteiger partial charge in [-0.25, -0.2) is 8.42 Å². The molecule has 0 aliphatic carbocycles. The molecular formula is C9H3ClF3N3O5S. The van der Waals surface area contributed by atoms with Crippen molar-refractivity contribution in [2.75, 3.05) is 0 Å². The van der Waals surface area contributed by atoms with Gasteiger partial charge in [-0.05, 0) is 6.07 Å². The van der Waals surface area contributed by atoms with Crippen LogP contribution in [0, 0.1) is 10.1 Å². The van der Waals surface area contributed by atoms with Gasteiger partial charge in [0.25, 0.3) is 26.5 Å². The van der Waals surface area contributed by atoms with Crippen molar-refractivity contribution in [3.63, 3.8) is 0 Å². The van der Waals surface area contributed by atoms with Gasteiger partial charge in [-0.2, -0.15) is 18.2 Å². The van der Waals surface area contributed by atoms with Crippen LogP contribution in [-0.2, 0) is 15.2 Å². The number of hydrogen-bond acceptors (Lipinski definition) is 7. The predicted octanol–water partition coefficient (Wildman–Crippen LogP) is 2.59. The Labute approximate surface area is 124 Å². The number of hydrogen-bond donors (Lipinski definition) is 0. The first-order valence-corrected chi connectivity index (χ1v) is 7.45. The number of benzene rings is 1. The van der Waals surface area contributed by atoms with E-state index in [9.17, 15) is 31.7 Å². The van der Waals surface area contributed by atoms with E-state index >= 15 is 0 Å². The zero-order chi connectivity index (χ0) is 16.7. The van der Waals surface area contributed by atoms with Crippen molar-refractivity contribution in [3.05, 3.63) is 34.1 Å². The summed E-state index contributed by atoms with van der Waals surface area (Å²) in [5.41, 5.74) is -1.11. The highest BCUT2D eigenvalue weighted by molar-refractivity contribution is 8.13. The van der Waals surface area contributed by atoms with Crippen LogP contribution < -0.4 is 0 Å². The van der Waals surface area contributed by atoms with E-state index in [1.807, 2.05) is 0 Å². The third-order valence-corrected chi connectivity index (χ3v) is 3.71. The quantitative estimate of drug-likeness (QED) is 0.470. The largest absolute Gasteiger partial charge is 0.455 e. The van der Waals surface area contributed by atoms with Gasteiger partial charge in [0, 0.05) is 22.8 Å². The summed E-state index contributed by atoms with van der Waals surface area (Å²) in [7, 11) is 0.619. The Morgan fingerprint density at radius 1 is 1.32 bits per heavy atom. The zero-order valence-electron chi connectivity index (χ0n) is 10.0. The molecule has 1 aromatic heterocycles. The Hall–Kier alpha value is -2.21. The van der Waals surface area contributed by atoms with Crippen molar-refractivity contribution < 1.29 is 31.0 Å². The molecule has 2 rings (SSSR count). The number of nitrogens with zero attached hydrogens (tertiary/aromatic N) is 3. The summed E-state index contributed by atoms with van der Waals surface area (Å²) < 4.78 is 64.4. The highest BCUT2D eigenvalue weighted by Crippen LogP contribution is 2.34. The zero-order valence-corrected chi connectivity index (χ0v) is 11.6. The lowest BCUT2D eigenvalue weighted by molar-refractivity contribution is -0.385. The Morgan fingerprint density at radius 3 is 2.41 bits per heavy atom. The lowest BCUT2D eigenvalue weighted by atomic mass is 10.2. The van der Waals surface area contributed by atoms with Crippen LogP contribution in [0.4, 0.5) is 18.9 Å². The van der Waals surface area contributed by atoms with E-state index in [-0.39, 0.29) is 0 Å². The van der Waals surface area contributed by atoms with Crippen molar-refractivity contribution in [3.8, 4) is 11.5 Å². The SMILES string of the molecule is O=[N+]([O-])c1ccc(-c2nc(C(F)(F)F)no2)c(S(=O)(=O)Cl)c1. The number of aromatic nitrogens is 2. The van der Waals surface area contributed by atoms with Crippen LogP contribution >= 0.6 is 10.7 Å². The van der Waals surface area contributed by atoms with E-state index in [0.29, 0.717) is 6.07 Å². The first kappa shape index (κ1) is 16.2. The molecular weight excluding hydrogens is 355 g/mol. The van der Waals surface area contributed by atoms with Crippen LogP contribution in [0.25, 0.3) is 11.5 Å². The van der Waals surface area contributed by atoms with E-state index in [1.54, 1.807) is 0 Å². The minimum atomic E-state index is -4.90. The van der Waals surface area contributed by atoms with Gasteiger partial charge in [-0.1, -0.05) is 5.16 Å². The van der Waals surface area contributed by atoms with Crippen LogP contribution in [0.2, 0.25) is 0 Å². The third kappa shape index (κ3) is 3.17. The molecule has 0 saturated heterocycles. The van der Waals surface area contributed by atoms with E-state index < -0.39 is 48.0 Å². The second kappa shape index (κ2) is 5.21. The van der Waals surface area contributed by atoms with E-state index in [0.717, 1.165) is 12.1 Å². The first-order valence-electron chi connectivity index (χ1n) is 5.14. The maximum Gasteiger partial charge on any atom is 0.455 e. The second-order valence-electron chi connectivity index (χ2n) is 3.80. The Morgan fingerprint density at radius 2 is 1.95 bits per heavy atom. The highest BCUT2D eigenvalue weighted by Gasteiger charge is 2.38. The molecule has 1 aromatic carbocycles. The van der Waals surface area contributed by atoms with Crippen LogP contribution in [0.1, 0.15) is 5.82 Å². The molecule has 0 amide bonds. The summed E-state index contributed by atoms with van der Waals surface area (Å²) >= 11 is 0. The van der Waals surface area contributed by atoms with Gasteiger partial charge in [0.2, 0.25) is 0 Å². The van der Waals surface area contributed by atoms with Gasteiger partial charge < -0.3 is 4.52 Å². The lowest BCUT2D eigenvalue weighted by Crippen LogP contribution is -2.07. The average molecular weight is 358 g/mol. The minimum Gasteiger partial charge on any atom is -0.334 e. The number of nitro groups is 1. The molecule has 0 aliphatic heterocycles. The van der Waals surface area contributed by atoms with Gasteiger partial charge >= 0.3 is 6.18 Å². The average Bonchev–Trinajstić information content (AvgIpc) is 2.86. The molecule has 2 aromatic rings. The van der Waals surface area contributed by atoms with Crippen molar-refractivity contribution in [1.29, 1.82) is 0 Å². The maximum absolute atomic E-state index is 12.4. The monoisotopic (exact) mass is 357 g/mol. The molecule has 0 N–H and O–H groups in total. The second-order valence-corrected chi connectivity index (χ2v) is 6.33. The number of nitro benzene ring substituents is 1. The Kier molecular flexibility index (Phi) is 3.83. The summed E-state index contributed by atoms with van der Waals surface area (Å²) in [4.78, 5) is 11.9. The lowest BCUT2D eigenvalue weighted by Gasteiger charge is -2.02. The first-order chi connectivity index (χ1) is 10.00.